The molecule has 0 aliphatic carbocycles. The van der Waals surface area contributed by atoms with Crippen molar-refractivity contribution in [2.24, 2.45) is 0 Å². The molecule has 0 saturated heterocycles. The van der Waals surface area contributed by atoms with Crippen LogP contribution >= 0.6 is 11.3 Å². The number of aromatic nitrogens is 2. The Kier molecular flexibility index (Phi) is 5.91. The lowest BCUT2D eigenvalue weighted by Gasteiger charge is -2.15. The van der Waals surface area contributed by atoms with E-state index in [1.807, 2.05) is 0 Å². The van der Waals surface area contributed by atoms with E-state index in [9.17, 15) is 8.42 Å². The van der Waals surface area contributed by atoms with Crippen molar-refractivity contribution >= 4 is 26.5 Å². The van der Waals surface area contributed by atoms with Gasteiger partial charge in [-0.25, -0.2) is 8.42 Å². The third-order valence-corrected chi connectivity index (χ3v) is 5.63. The molecule has 0 unspecified atom stereocenters. The van der Waals surface area contributed by atoms with E-state index in [1.54, 1.807) is 18.2 Å². The van der Waals surface area contributed by atoms with Gasteiger partial charge < -0.3 is 4.74 Å². The van der Waals surface area contributed by atoms with Crippen LogP contribution in [-0.2, 0) is 16.6 Å². The summed E-state index contributed by atoms with van der Waals surface area (Å²) in [6, 6.07) is 6.44. The second kappa shape index (κ2) is 7.71. The summed E-state index contributed by atoms with van der Waals surface area (Å²) >= 11 is 1.23. The van der Waals surface area contributed by atoms with Gasteiger partial charge in [-0.1, -0.05) is 37.3 Å². The average Bonchev–Trinajstić information content (AvgIpc) is 2.98. The zero-order chi connectivity index (χ0) is 16.9. The van der Waals surface area contributed by atoms with E-state index >= 15 is 0 Å². The minimum absolute atomic E-state index is 0.0722. The molecule has 126 valence electrons. The first-order chi connectivity index (χ1) is 11.0. The van der Waals surface area contributed by atoms with E-state index in [4.69, 9.17) is 4.74 Å². The number of ether oxygens (including phenoxy) is 1. The maximum atomic E-state index is 12.5. The van der Waals surface area contributed by atoms with Crippen molar-refractivity contribution in [3.8, 4) is 5.75 Å². The van der Waals surface area contributed by atoms with Crippen molar-refractivity contribution in [2.75, 3.05) is 24.9 Å². The number of hydrogen-bond donors (Lipinski definition) is 1. The Bertz CT molecular complexity index is 742. The van der Waals surface area contributed by atoms with E-state index in [0.717, 1.165) is 18.1 Å². The molecular weight excluding hydrogens is 336 g/mol. The van der Waals surface area contributed by atoms with Crippen molar-refractivity contribution in [2.45, 2.75) is 25.3 Å². The average molecular weight is 356 g/mol. The summed E-state index contributed by atoms with van der Waals surface area (Å²) in [5, 5.41) is 8.97. The lowest BCUT2D eigenvalue weighted by molar-refractivity contribution is 0.294. The summed E-state index contributed by atoms with van der Waals surface area (Å²) in [4.78, 5) is 2.25. The van der Waals surface area contributed by atoms with E-state index in [-0.39, 0.29) is 15.8 Å². The number of sulfonamides is 1. The Morgan fingerprint density at radius 1 is 1.22 bits per heavy atom. The minimum Gasteiger partial charge on any atom is -0.495 e. The molecule has 1 aromatic heterocycles. The lowest BCUT2D eigenvalue weighted by atomic mass is 10.3. The molecule has 7 nitrogen and oxygen atoms in total. The zero-order valence-corrected chi connectivity index (χ0v) is 14.9. The van der Waals surface area contributed by atoms with Gasteiger partial charge in [-0.05, 0) is 25.2 Å². The Morgan fingerprint density at radius 2 is 1.91 bits per heavy atom. The van der Waals surface area contributed by atoms with Gasteiger partial charge in [0.2, 0.25) is 5.13 Å². The number of methoxy groups -OCH3 is 1. The van der Waals surface area contributed by atoms with Gasteiger partial charge in [-0.2, -0.15) is 0 Å². The van der Waals surface area contributed by atoms with Gasteiger partial charge in [0, 0.05) is 0 Å². The summed E-state index contributed by atoms with van der Waals surface area (Å²) in [6.07, 6.45) is 0. The SMILES string of the molecule is CCN(CC)Cc1nnc(NS(=O)(=O)c2ccccc2OC)s1. The van der Waals surface area contributed by atoms with Crippen molar-refractivity contribution in [3.05, 3.63) is 29.3 Å². The third-order valence-electron chi connectivity index (χ3n) is 3.30. The molecule has 1 aromatic carbocycles. The van der Waals surface area contributed by atoms with Crippen LogP contribution in [0.2, 0.25) is 0 Å². The molecule has 0 radical (unpaired) electrons. The van der Waals surface area contributed by atoms with Crippen LogP contribution in [0.3, 0.4) is 0 Å². The van der Waals surface area contributed by atoms with E-state index in [0.29, 0.717) is 6.54 Å². The Hall–Kier alpha value is -1.71. The molecule has 0 saturated carbocycles. The second-order valence-electron chi connectivity index (χ2n) is 4.72. The highest BCUT2D eigenvalue weighted by atomic mass is 32.2. The van der Waals surface area contributed by atoms with E-state index < -0.39 is 10.0 Å². The Morgan fingerprint density at radius 3 is 2.57 bits per heavy atom. The van der Waals surface area contributed by atoms with E-state index in [2.05, 4.69) is 33.7 Å². The fourth-order valence-electron chi connectivity index (χ4n) is 2.01. The maximum Gasteiger partial charge on any atom is 0.267 e. The normalized spacial score (nSPS) is 11.7. The Labute approximate surface area is 140 Å². The molecule has 23 heavy (non-hydrogen) atoms. The molecule has 2 rings (SSSR count). The Balaban J connectivity index is 2.17. The molecule has 0 fully saturated rings. The third kappa shape index (κ3) is 4.40. The van der Waals surface area contributed by atoms with Crippen molar-refractivity contribution in [1.82, 2.24) is 15.1 Å². The van der Waals surface area contributed by atoms with Gasteiger partial charge in [0.05, 0.1) is 13.7 Å². The van der Waals surface area contributed by atoms with Crippen molar-refractivity contribution in [1.29, 1.82) is 0 Å². The summed E-state index contributed by atoms with van der Waals surface area (Å²) in [5.41, 5.74) is 0. The highest BCUT2D eigenvalue weighted by Crippen LogP contribution is 2.26. The molecule has 0 aliphatic rings. The van der Waals surface area contributed by atoms with Gasteiger partial charge in [-0.15, -0.1) is 10.2 Å². The number of hydrogen-bond acceptors (Lipinski definition) is 7. The van der Waals surface area contributed by atoms with Gasteiger partial charge in [0.1, 0.15) is 15.7 Å². The number of nitrogens with one attached hydrogen (secondary N) is 1. The molecule has 9 heteroatoms. The first-order valence-corrected chi connectivity index (χ1v) is 9.50. The summed E-state index contributed by atoms with van der Waals surface area (Å²) < 4.78 is 32.5. The van der Waals surface area contributed by atoms with E-state index in [1.165, 1.54) is 24.5 Å². The van der Waals surface area contributed by atoms with Crippen LogP contribution in [0.25, 0.3) is 0 Å². The number of anilines is 1. The van der Waals surface area contributed by atoms with Crippen molar-refractivity contribution in [3.63, 3.8) is 0 Å². The fraction of sp³-hybridized carbons (Fsp3) is 0.429. The maximum absolute atomic E-state index is 12.5. The predicted molar refractivity (Wildman–Crippen MR) is 90.3 cm³/mol. The van der Waals surface area contributed by atoms with Crippen molar-refractivity contribution < 1.29 is 13.2 Å². The molecule has 0 spiro atoms. The number of benzene rings is 1. The van der Waals surface area contributed by atoms with Crippen LogP contribution in [-0.4, -0.2) is 43.7 Å². The quantitative estimate of drug-likeness (QED) is 0.780. The van der Waals surface area contributed by atoms with Crippen LogP contribution in [0, 0.1) is 0 Å². The van der Waals surface area contributed by atoms with Crippen LogP contribution in [0.5, 0.6) is 5.75 Å². The molecule has 1 heterocycles. The van der Waals surface area contributed by atoms with Gasteiger partial charge in [0.15, 0.2) is 0 Å². The summed E-state index contributed by atoms with van der Waals surface area (Å²) in [6.45, 7) is 6.59. The van der Waals surface area contributed by atoms with Gasteiger partial charge in [-0.3, -0.25) is 9.62 Å². The summed E-state index contributed by atoms with van der Waals surface area (Å²) in [5.74, 6) is 0.285. The standard InChI is InChI=1S/C14H20N4O3S2/c1-4-18(5-2)10-13-15-16-14(22-13)17-23(19,20)12-9-7-6-8-11(12)21-3/h6-9H,4-5,10H2,1-3H3,(H,16,17). The molecule has 2 aromatic rings. The minimum atomic E-state index is -3.76. The molecule has 0 amide bonds. The molecule has 1 N–H and O–H groups in total. The molecule has 0 atom stereocenters. The largest absolute Gasteiger partial charge is 0.495 e. The molecular formula is C14H20N4O3S2. The number of para-hydroxylation sites is 1. The van der Waals surface area contributed by atoms with Gasteiger partial charge in [0.25, 0.3) is 10.0 Å². The highest BCUT2D eigenvalue weighted by Gasteiger charge is 2.21. The second-order valence-corrected chi connectivity index (χ2v) is 7.43. The number of nitrogens with zero attached hydrogens (tertiary/aromatic N) is 3. The van der Waals surface area contributed by atoms with Crippen LogP contribution in [0.4, 0.5) is 5.13 Å². The first-order valence-electron chi connectivity index (χ1n) is 7.20. The smallest absolute Gasteiger partial charge is 0.267 e. The first kappa shape index (κ1) is 17.6. The molecule has 0 aliphatic heterocycles. The summed E-state index contributed by atoms with van der Waals surface area (Å²) in [7, 11) is -2.33. The van der Waals surface area contributed by atoms with Crippen LogP contribution < -0.4 is 9.46 Å². The monoisotopic (exact) mass is 356 g/mol. The highest BCUT2D eigenvalue weighted by molar-refractivity contribution is 7.93. The topological polar surface area (TPSA) is 84.4 Å². The van der Waals surface area contributed by atoms with Crippen LogP contribution in [0.15, 0.2) is 29.2 Å². The fourth-order valence-corrected chi connectivity index (χ4v) is 4.19. The lowest BCUT2D eigenvalue weighted by Crippen LogP contribution is -2.21. The zero-order valence-electron chi connectivity index (χ0n) is 13.3. The van der Waals surface area contributed by atoms with Crippen LogP contribution in [0.1, 0.15) is 18.9 Å². The predicted octanol–water partition coefficient (Wildman–Crippen LogP) is 2.19. The van der Waals surface area contributed by atoms with Gasteiger partial charge >= 0.3 is 0 Å². The molecule has 0 bridgehead atoms. The number of rotatable bonds is 8.